The molecule has 2 heterocycles. The summed E-state index contributed by atoms with van der Waals surface area (Å²) in [4.78, 5) is 26.3. The molecule has 0 radical (unpaired) electrons. The second-order valence-corrected chi connectivity index (χ2v) is 5.26. The second-order valence-electron chi connectivity index (χ2n) is 4.85. The molecule has 3 rings (SSSR count). The highest BCUT2D eigenvalue weighted by molar-refractivity contribution is 6.33. The number of aromatic nitrogens is 4. The fourth-order valence-corrected chi connectivity index (χ4v) is 2.13. The minimum absolute atomic E-state index is 0.0139. The molecule has 130 valence electrons. The van der Waals surface area contributed by atoms with Gasteiger partial charge in [-0.3, -0.25) is 15.1 Å². The first-order valence-electron chi connectivity index (χ1n) is 7.00. The van der Waals surface area contributed by atoms with Gasteiger partial charge in [-0.2, -0.15) is 0 Å². The number of halogens is 1. The molecule has 4 N–H and O–H groups in total. The van der Waals surface area contributed by atoms with Gasteiger partial charge in [0.1, 0.15) is 11.4 Å². The third-order valence-electron chi connectivity index (χ3n) is 3.13. The lowest BCUT2D eigenvalue weighted by atomic mass is 10.3. The van der Waals surface area contributed by atoms with Crippen LogP contribution < -0.4 is 11.5 Å². The summed E-state index contributed by atoms with van der Waals surface area (Å²) in [5.41, 5.74) is 12.2. The van der Waals surface area contributed by atoms with E-state index in [2.05, 4.69) is 30.2 Å². The monoisotopic (exact) mass is 371 g/mol. The van der Waals surface area contributed by atoms with E-state index < -0.39 is 4.92 Å². The van der Waals surface area contributed by atoms with Crippen molar-refractivity contribution in [2.24, 2.45) is 10.2 Å². The zero-order valence-electron chi connectivity index (χ0n) is 12.9. The molecule has 1 aromatic carbocycles. The molecule has 0 atom stereocenters. The van der Waals surface area contributed by atoms with Gasteiger partial charge in [0.15, 0.2) is 23.1 Å². The molecule has 0 bridgehead atoms. The quantitative estimate of drug-likeness (QED) is 0.399. The number of nitrogens with two attached hydrogens (primary N) is 2. The Morgan fingerprint density at radius 1 is 1.12 bits per heavy atom. The van der Waals surface area contributed by atoms with Crippen LogP contribution in [0, 0.1) is 10.1 Å². The highest BCUT2D eigenvalue weighted by Gasteiger charge is 2.13. The van der Waals surface area contributed by atoms with Gasteiger partial charge in [0.25, 0.3) is 5.69 Å². The molecule has 0 aliphatic heterocycles. The lowest BCUT2D eigenvalue weighted by molar-refractivity contribution is -0.384. The van der Waals surface area contributed by atoms with Crippen molar-refractivity contribution in [2.75, 3.05) is 11.5 Å². The Kier molecular flexibility index (Phi) is 4.62. The van der Waals surface area contributed by atoms with E-state index in [0.717, 1.165) is 6.07 Å². The predicted molar refractivity (Wildman–Crippen MR) is 94.2 cm³/mol. The molecule has 0 fully saturated rings. The van der Waals surface area contributed by atoms with Gasteiger partial charge in [0.2, 0.25) is 0 Å². The molecule has 2 aromatic heterocycles. The van der Waals surface area contributed by atoms with Crippen LogP contribution in [0.1, 0.15) is 0 Å². The second kappa shape index (κ2) is 7.03. The van der Waals surface area contributed by atoms with E-state index in [9.17, 15) is 10.1 Å². The summed E-state index contributed by atoms with van der Waals surface area (Å²) in [5.74, 6) is 0.167. The topological polar surface area (TPSA) is 171 Å². The van der Waals surface area contributed by atoms with E-state index in [4.69, 9.17) is 23.1 Å². The van der Waals surface area contributed by atoms with Crippen molar-refractivity contribution in [1.29, 1.82) is 0 Å². The number of nitro groups is 1. The molecule has 0 unspecified atom stereocenters. The summed E-state index contributed by atoms with van der Waals surface area (Å²) < 4.78 is 0. The maximum Gasteiger partial charge on any atom is 0.271 e. The van der Waals surface area contributed by atoms with Crippen LogP contribution in [-0.4, -0.2) is 24.9 Å². The fraction of sp³-hybridized carbons (Fsp3) is 0. The van der Waals surface area contributed by atoms with Crippen LogP contribution in [0.15, 0.2) is 47.0 Å². The number of nitro benzene ring substituents is 1. The maximum atomic E-state index is 10.7. The van der Waals surface area contributed by atoms with Crippen LogP contribution >= 0.6 is 11.6 Å². The summed E-state index contributed by atoms with van der Waals surface area (Å²) in [6.45, 7) is 0. The molecule has 3 aromatic rings. The third-order valence-corrected chi connectivity index (χ3v) is 3.43. The Balaban J connectivity index is 1.93. The van der Waals surface area contributed by atoms with Crippen LogP contribution in [0.3, 0.4) is 0 Å². The van der Waals surface area contributed by atoms with Gasteiger partial charge < -0.3 is 11.5 Å². The number of azo groups is 1. The number of hydrogen-bond acceptors (Lipinski definition) is 10. The summed E-state index contributed by atoms with van der Waals surface area (Å²) in [7, 11) is 0. The number of hydrogen-bond donors (Lipinski definition) is 2. The third kappa shape index (κ3) is 3.52. The number of non-ortho nitro benzene ring substituents is 1. The molecular weight excluding hydrogens is 362 g/mol. The zero-order chi connectivity index (χ0) is 18.7. The normalized spacial score (nSPS) is 11.0. The van der Waals surface area contributed by atoms with Crippen LogP contribution in [0.4, 0.5) is 28.7 Å². The molecule has 0 amide bonds. The van der Waals surface area contributed by atoms with Crippen molar-refractivity contribution < 1.29 is 4.92 Å². The van der Waals surface area contributed by atoms with Gasteiger partial charge in [-0.15, -0.1) is 10.2 Å². The summed E-state index contributed by atoms with van der Waals surface area (Å²) in [6, 6.07) is 3.77. The van der Waals surface area contributed by atoms with Crippen molar-refractivity contribution in [1.82, 2.24) is 19.9 Å². The van der Waals surface area contributed by atoms with Crippen molar-refractivity contribution in [3.05, 3.63) is 51.9 Å². The van der Waals surface area contributed by atoms with E-state index >= 15 is 0 Å². The Bertz CT molecular complexity index is 988. The Morgan fingerprint density at radius 2 is 1.85 bits per heavy atom. The van der Waals surface area contributed by atoms with Gasteiger partial charge >= 0.3 is 0 Å². The first-order valence-corrected chi connectivity index (χ1v) is 7.38. The summed E-state index contributed by atoms with van der Waals surface area (Å²) in [6.07, 6.45) is 4.45. The standard InChI is InChI=1S/C14H10ClN9O2/c15-8-5-7(24(25)26)1-2-9(8)22-23-11-12(16)20-14(21-13(11)17)10-6-18-3-4-19-10/h1-6H,(H4,16,17,20,21). The Morgan fingerprint density at radius 3 is 2.42 bits per heavy atom. The first-order chi connectivity index (χ1) is 12.5. The molecular formula is C14H10ClN9O2. The van der Waals surface area contributed by atoms with Crippen molar-refractivity contribution in [3.63, 3.8) is 0 Å². The van der Waals surface area contributed by atoms with Crippen LogP contribution in [0.25, 0.3) is 11.5 Å². The lowest BCUT2D eigenvalue weighted by Crippen LogP contribution is -2.02. The largest absolute Gasteiger partial charge is 0.382 e. The fourth-order valence-electron chi connectivity index (χ4n) is 1.92. The molecule has 26 heavy (non-hydrogen) atoms. The smallest absolute Gasteiger partial charge is 0.271 e. The van der Waals surface area contributed by atoms with E-state index in [1.165, 1.54) is 30.7 Å². The maximum absolute atomic E-state index is 10.7. The van der Waals surface area contributed by atoms with Gasteiger partial charge in [0.05, 0.1) is 16.1 Å². The summed E-state index contributed by atoms with van der Waals surface area (Å²) in [5, 5.41) is 18.6. The zero-order valence-corrected chi connectivity index (χ0v) is 13.7. The Hall–Kier alpha value is -3.73. The molecule has 0 spiro atoms. The number of benzene rings is 1. The molecule has 11 nitrogen and oxygen atoms in total. The van der Waals surface area contributed by atoms with Gasteiger partial charge in [-0.1, -0.05) is 11.6 Å². The van der Waals surface area contributed by atoms with Crippen molar-refractivity contribution in [2.45, 2.75) is 0 Å². The average Bonchev–Trinajstić information content (AvgIpc) is 2.62. The number of anilines is 2. The van der Waals surface area contributed by atoms with Crippen molar-refractivity contribution >= 4 is 40.3 Å². The highest BCUT2D eigenvalue weighted by atomic mass is 35.5. The minimum Gasteiger partial charge on any atom is -0.382 e. The molecule has 0 aliphatic carbocycles. The molecule has 12 heteroatoms. The number of nitrogen functional groups attached to an aromatic ring is 2. The van der Waals surface area contributed by atoms with Crippen LogP contribution in [0.2, 0.25) is 5.02 Å². The van der Waals surface area contributed by atoms with E-state index in [1.807, 2.05) is 0 Å². The number of rotatable bonds is 4. The average molecular weight is 372 g/mol. The van der Waals surface area contributed by atoms with Crippen LogP contribution in [-0.2, 0) is 0 Å². The van der Waals surface area contributed by atoms with Gasteiger partial charge in [-0.05, 0) is 6.07 Å². The van der Waals surface area contributed by atoms with Gasteiger partial charge in [0, 0.05) is 24.5 Å². The van der Waals surface area contributed by atoms with Crippen LogP contribution in [0.5, 0.6) is 0 Å². The summed E-state index contributed by atoms with van der Waals surface area (Å²) >= 11 is 5.96. The Labute approximate surface area is 151 Å². The molecule has 0 saturated carbocycles. The minimum atomic E-state index is -0.568. The van der Waals surface area contributed by atoms with Crippen molar-refractivity contribution in [3.8, 4) is 11.5 Å². The highest BCUT2D eigenvalue weighted by Crippen LogP contribution is 2.33. The van der Waals surface area contributed by atoms with E-state index in [0.29, 0.717) is 5.69 Å². The lowest BCUT2D eigenvalue weighted by Gasteiger charge is -2.05. The predicted octanol–water partition coefficient (Wildman–Crippen LogP) is 3.08. The SMILES string of the molecule is Nc1nc(-c2cnccn2)nc(N)c1N=Nc1ccc([N+](=O)[O-])cc1Cl. The first kappa shape index (κ1) is 17.1. The van der Waals surface area contributed by atoms with E-state index in [1.54, 1.807) is 0 Å². The van der Waals surface area contributed by atoms with Gasteiger partial charge in [-0.25, -0.2) is 15.0 Å². The number of nitrogens with zero attached hydrogens (tertiary/aromatic N) is 7. The molecule has 0 saturated heterocycles. The van der Waals surface area contributed by atoms with E-state index in [-0.39, 0.29) is 39.5 Å². The molecule has 0 aliphatic rings.